The maximum Gasteiger partial charge on any atom is 0.137 e. The van der Waals surface area contributed by atoms with E-state index < -0.39 is 5.60 Å². The number of fused-ring (bicyclic) bond motifs is 1. The summed E-state index contributed by atoms with van der Waals surface area (Å²) in [5, 5.41) is 10.3. The molecule has 3 atom stereocenters. The van der Waals surface area contributed by atoms with Crippen LogP contribution in [0.25, 0.3) is 0 Å². The summed E-state index contributed by atoms with van der Waals surface area (Å²) in [5.41, 5.74) is 0.914. The molecule has 1 fully saturated rings. The maximum absolute atomic E-state index is 12.2. The van der Waals surface area contributed by atoms with Gasteiger partial charge in [-0.2, -0.15) is 0 Å². The maximum atomic E-state index is 12.2. The van der Waals surface area contributed by atoms with Crippen molar-refractivity contribution in [2.75, 3.05) is 0 Å². The summed E-state index contributed by atoms with van der Waals surface area (Å²) in [4.78, 5) is 12.2. The van der Waals surface area contributed by atoms with Gasteiger partial charge in [0.1, 0.15) is 5.78 Å². The molecule has 2 heteroatoms. The third-order valence-electron chi connectivity index (χ3n) is 6.18. The quantitative estimate of drug-likeness (QED) is 0.714. The highest BCUT2D eigenvalue weighted by Crippen LogP contribution is 2.53. The van der Waals surface area contributed by atoms with E-state index in [-0.39, 0.29) is 11.3 Å². The lowest BCUT2D eigenvalue weighted by Crippen LogP contribution is -2.36. The Morgan fingerprint density at radius 2 is 2.14 bits per heavy atom. The number of ketones is 1. The molecule has 0 unspecified atom stereocenters. The molecule has 0 heterocycles. The minimum absolute atomic E-state index is 0.0917. The minimum Gasteiger partial charge on any atom is -0.386 e. The SMILES string of the molecule is CCC(O)(C=CC[C@H](C)C1=CC[C@H]2C(=O)CCC[C@@]12C)CC. The molecular formula is C20H32O2. The predicted molar refractivity (Wildman–Crippen MR) is 91.6 cm³/mol. The van der Waals surface area contributed by atoms with Gasteiger partial charge >= 0.3 is 0 Å². The van der Waals surface area contributed by atoms with Gasteiger partial charge in [0.15, 0.2) is 0 Å². The number of carbonyl (C=O) groups excluding carboxylic acids is 1. The molecule has 1 saturated carbocycles. The Bertz CT molecular complexity index is 470. The highest BCUT2D eigenvalue weighted by atomic mass is 16.3. The standard InChI is InChI=1S/C20H32O2/c1-5-20(22,6-2)14-7-9-15(3)16-11-12-17-18(21)10-8-13-19(16,17)4/h7,11,14-15,17,22H,5-6,8-10,12-13H2,1-4H3/t15-,17-,19-/m0/s1. The Labute approximate surface area is 135 Å². The number of hydrogen-bond acceptors (Lipinski definition) is 2. The van der Waals surface area contributed by atoms with Crippen molar-refractivity contribution in [2.45, 2.75) is 78.2 Å². The molecule has 0 aromatic carbocycles. The largest absolute Gasteiger partial charge is 0.386 e. The van der Waals surface area contributed by atoms with Gasteiger partial charge in [0.2, 0.25) is 0 Å². The van der Waals surface area contributed by atoms with E-state index in [1.165, 1.54) is 5.57 Å². The molecule has 0 radical (unpaired) electrons. The molecule has 0 spiro atoms. The number of rotatable bonds is 6. The van der Waals surface area contributed by atoms with Crippen molar-refractivity contribution < 1.29 is 9.90 Å². The third kappa shape index (κ3) is 3.22. The second-order valence-corrected chi connectivity index (χ2v) is 7.53. The zero-order valence-electron chi connectivity index (χ0n) is 14.7. The average Bonchev–Trinajstić information content (AvgIpc) is 2.85. The fraction of sp³-hybridized carbons (Fsp3) is 0.750. The fourth-order valence-electron chi connectivity index (χ4n) is 4.42. The van der Waals surface area contributed by atoms with Gasteiger partial charge in [-0.1, -0.05) is 51.5 Å². The summed E-state index contributed by atoms with van der Waals surface area (Å²) in [6.45, 7) is 8.61. The van der Waals surface area contributed by atoms with Crippen molar-refractivity contribution in [1.82, 2.24) is 0 Å². The number of Topliss-reactive ketones (excluding diaryl/α,β-unsaturated/α-hetero) is 1. The van der Waals surface area contributed by atoms with Crippen LogP contribution in [0.15, 0.2) is 23.8 Å². The smallest absolute Gasteiger partial charge is 0.137 e. The van der Waals surface area contributed by atoms with Crippen molar-refractivity contribution in [2.24, 2.45) is 17.3 Å². The van der Waals surface area contributed by atoms with E-state index >= 15 is 0 Å². The van der Waals surface area contributed by atoms with Crippen LogP contribution in [0.3, 0.4) is 0 Å². The van der Waals surface area contributed by atoms with Gasteiger partial charge < -0.3 is 5.11 Å². The molecule has 0 aromatic rings. The Morgan fingerprint density at radius 1 is 1.45 bits per heavy atom. The topological polar surface area (TPSA) is 37.3 Å². The van der Waals surface area contributed by atoms with Crippen LogP contribution in [0.1, 0.15) is 72.6 Å². The van der Waals surface area contributed by atoms with E-state index in [4.69, 9.17) is 0 Å². The Hall–Kier alpha value is -0.890. The first-order valence-electron chi connectivity index (χ1n) is 8.99. The predicted octanol–water partition coefficient (Wildman–Crippen LogP) is 4.83. The van der Waals surface area contributed by atoms with Gasteiger partial charge in [-0.3, -0.25) is 4.79 Å². The van der Waals surface area contributed by atoms with Crippen molar-refractivity contribution in [1.29, 1.82) is 0 Å². The normalized spacial score (nSPS) is 30.5. The van der Waals surface area contributed by atoms with Crippen molar-refractivity contribution in [3.05, 3.63) is 23.8 Å². The van der Waals surface area contributed by atoms with Crippen molar-refractivity contribution in [3.8, 4) is 0 Å². The van der Waals surface area contributed by atoms with Gasteiger partial charge in [-0.25, -0.2) is 0 Å². The fourth-order valence-corrected chi connectivity index (χ4v) is 4.42. The van der Waals surface area contributed by atoms with E-state index in [1.807, 2.05) is 19.9 Å². The summed E-state index contributed by atoms with van der Waals surface area (Å²) in [6.07, 6.45) is 12.8. The third-order valence-corrected chi connectivity index (χ3v) is 6.18. The van der Waals surface area contributed by atoms with E-state index in [0.717, 1.165) is 44.9 Å². The molecule has 0 aromatic heterocycles. The van der Waals surface area contributed by atoms with Gasteiger partial charge in [0.05, 0.1) is 5.60 Å². The first-order chi connectivity index (χ1) is 10.4. The first-order valence-corrected chi connectivity index (χ1v) is 8.99. The summed E-state index contributed by atoms with van der Waals surface area (Å²) in [5.74, 6) is 1.15. The average molecular weight is 304 g/mol. The van der Waals surface area contributed by atoms with Gasteiger partial charge in [-0.15, -0.1) is 0 Å². The molecule has 22 heavy (non-hydrogen) atoms. The van der Waals surface area contributed by atoms with Crippen LogP contribution in [0.5, 0.6) is 0 Å². The molecule has 2 rings (SSSR count). The van der Waals surface area contributed by atoms with Crippen LogP contribution < -0.4 is 0 Å². The van der Waals surface area contributed by atoms with Crippen LogP contribution in [0.4, 0.5) is 0 Å². The molecule has 2 aliphatic rings. The zero-order valence-corrected chi connectivity index (χ0v) is 14.7. The van der Waals surface area contributed by atoms with Crippen molar-refractivity contribution >= 4 is 5.78 Å². The summed E-state index contributed by atoms with van der Waals surface area (Å²) < 4.78 is 0. The number of aliphatic hydroxyl groups is 1. The molecular weight excluding hydrogens is 272 g/mol. The second kappa shape index (κ2) is 6.70. The second-order valence-electron chi connectivity index (χ2n) is 7.53. The van der Waals surface area contributed by atoms with Crippen LogP contribution in [-0.4, -0.2) is 16.5 Å². The molecule has 2 aliphatic carbocycles. The van der Waals surface area contributed by atoms with E-state index in [0.29, 0.717) is 11.7 Å². The Balaban J connectivity index is 2.03. The molecule has 124 valence electrons. The molecule has 0 amide bonds. The molecule has 2 nitrogen and oxygen atoms in total. The zero-order chi connectivity index (χ0) is 16.4. The lowest BCUT2D eigenvalue weighted by Gasteiger charge is -2.40. The molecule has 0 bridgehead atoms. The van der Waals surface area contributed by atoms with Crippen molar-refractivity contribution in [3.63, 3.8) is 0 Å². The number of hydrogen-bond donors (Lipinski definition) is 1. The van der Waals surface area contributed by atoms with Crippen LogP contribution in [0, 0.1) is 17.3 Å². The van der Waals surface area contributed by atoms with Gasteiger partial charge in [0, 0.05) is 12.3 Å². The highest BCUT2D eigenvalue weighted by Gasteiger charge is 2.47. The Morgan fingerprint density at radius 3 is 2.77 bits per heavy atom. The van der Waals surface area contributed by atoms with Crippen LogP contribution >= 0.6 is 0 Å². The highest BCUT2D eigenvalue weighted by molar-refractivity contribution is 5.84. The van der Waals surface area contributed by atoms with Gasteiger partial charge in [0.25, 0.3) is 0 Å². The van der Waals surface area contributed by atoms with Crippen LogP contribution in [-0.2, 0) is 4.79 Å². The van der Waals surface area contributed by atoms with E-state index in [9.17, 15) is 9.90 Å². The monoisotopic (exact) mass is 304 g/mol. The Kier molecular flexibility index (Phi) is 5.32. The first kappa shape index (κ1) is 17.5. The number of allylic oxidation sites excluding steroid dienone is 3. The minimum atomic E-state index is -0.656. The molecule has 0 aliphatic heterocycles. The summed E-state index contributed by atoms with van der Waals surface area (Å²) in [6, 6.07) is 0. The van der Waals surface area contributed by atoms with Gasteiger partial charge in [-0.05, 0) is 49.9 Å². The molecule has 1 N–H and O–H groups in total. The lowest BCUT2D eigenvalue weighted by molar-refractivity contribution is -0.128. The number of carbonyl (C=O) groups is 1. The van der Waals surface area contributed by atoms with E-state index in [1.54, 1.807) is 0 Å². The summed E-state index contributed by atoms with van der Waals surface area (Å²) in [7, 11) is 0. The lowest BCUT2D eigenvalue weighted by atomic mass is 9.63. The summed E-state index contributed by atoms with van der Waals surface area (Å²) >= 11 is 0. The van der Waals surface area contributed by atoms with E-state index in [2.05, 4.69) is 26.0 Å². The molecule has 0 saturated heterocycles. The van der Waals surface area contributed by atoms with Crippen LogP contribution in [0.2, 0.25) is 0 Å².